The van der Waals surface area contributed by atoms with E-state index in [9.17, 15) is 5.41 Å². The van der Waals surface area contributed by atoms with Gasteiger partial charge >= 0.3 is 0 Å². The summed E-state index contributed by atoms with van der Waals surface area (Å²) in [4.78, 5) is 7.85. The Morgan fingerprint density at radius 2 is 1.12 bits per heavy atom. The van der Waals surface area contributed by atoms with E-state index in [-0.39, 0.29) is 27.5 Å². The predicted molar refractivity (Wildman–Crippen MR) is 295 cm³/mol. The number of hydrogen-bond donors (Lipinski definition) is 1. The maximum Gasteiger partial charge on any atom is 0.156 e. The van der Waals surface area contributed by atoms with Crippen LogP contribution in [0.2, 0.25) is 0 Å². The van der Waals surface area contributed by atoms with Crippen LogP contribution >= 0.6 is 0 Å². The van der Waals surface area contributed by atoms with Crippen molar-refractivity contribution in [3.63, 3.8) is 0 Å². The lowest BCUT2D eigenvalue weighted by molar-refractivity contribution is 0.291. The second kappa shape index (κ2) is 18.3. The van der Waals surface area contributed by atoms with Crippen LogP contribution in [0.15, 0.2) is 114 Å². The number of aromatic nitrogens is 2. The minimum Gasteiger partial charge on any atom is -0.359 e. The summed E-state index contributed by atoms with van der Waals surface area (Å²) in [5.41, 5.74) is 14.1. The van der Waals surface area contributed by atoms with Crippen LogP contribution in [-0.2, 0) is 22.7 Å². The molecule has 8 rings (SSSR count). The summed E-state index contributed by atoms with van der Waals surface area (Å²) < 4.78 is 4.86. The van der Waals surface area contributed by atoms with E-state index in [1.54, 1.807) is 0 Å². The molecule has 356 valence electrons. The van der Waals surface area contributed by atoms with E-state index >= 15 is 0 Å². The zero-order valence-electron chi connectivity index (χ0n) is 44.2. The number of aliphatic imine (C=N–C) groups is 1. The van der Waals surface area contributed by atoms with Crippen molar-refractivity contribution in [2.24, 2.45) is 22.2 Å². The first-order valence-corrected chi connectivity index (χ1v) is 25.5. The smallest absolute Gasteiger partial charge is 0.156 e. The van der Waals surface area contributed by atoms with Crippen LogP contribution in [0.1, 0.15) is 162 Å². The zero-order chi connectivity index (χ0) is 49.1. The molecule has 0 saturated carbocycles. The van der Waals surface area contributed by atoms with Crippen LogP contribution in [0.3, 0.4) is 0 Å². The molecule has 1 N–H and O–H groups in total. The van der Waals surface area contributed by atoms with E-state index < -0.39 is 0 Å². The van der Waals surface area contributed by atoms with E-state index in [1.165, 1.54) is 73.5 Å². The molecular formula is C63H79N5. The van der Waals surface area contributed by atoms with Crippen LogP contribution in [0.5, 0.6) is 0 Å². The Hall–Kier alpha value is -5.68. The van der Waals surface area contributed by atoms with Crippen molar-refractivity contribution < 1.29 is 0 Å². The van der Waals surface area contributed by atoms with E-state index in [0.29, 0.717) is 11.8 Å². The number of allylic oxidation sites excluding steroid dienone is 1. The average Bonchev–Trinajstić information content (AvgIpc) is 3.79. The SMILES string of the molecule is CCC[C@@H](CC)CCN(C)/C(=N\C(=N)c1ccccc1-n1c2c(c3cc(C(C)(C)C)ccc31)CC(C(C)(C)C)C=C2)c1ccccc1-n1c2ccc(C(C)(C)C)cc2c2cc(C(C)(C)C)ccc21. The van der Waals surface area contributed by atoms with Crippen LogP contribution in [0, 0.1) is 22.7 Å². The number of nitrogens with zero attached hydrogens (tertiary/aromatic N) is 4. The summed E-state index contributed by atoms with van der Waals surface area (Å²) in [6, 6.07) is 38.4. The number of nitrogens with one attached hydrogen (secondary N) is 1. The fourth-order valence-corrected chi connectivity index (χ4v) is 10.5. The molecule has 0 fully saturated rings. The molecule has 0 saturated heterocycles. The van der Waals surface area contributed by atoms with E-state index in [2.05, 4.69) is 233 Å². The molecular weight excluding hydrogens is 827 g/mol. The largest absolute Gasteiger partial charge is 0.359 e. The lowest BCUT2D eigenvalue weighted by Gasteiger charge is -2.31. The van der Waals surface area contributed by atoms with Gasteiger partial charge in [-0.05, 0) is 135 Å². The van der Waals surface area contributed by atoms with Crippen molar-refractivity contribution in [2.45, 2.75) is 145 Å². The van der Waals surface area contributed by atoms with Gasteiger partial charge in [-0.2, -0.15) is 0 Å². The number of para-hydroxylation sites is 2. The fourth-order valence-electron chi connectivity index (χ4n) is 10.5. The molecule has 1 aliphatic rings. The van der Waals surface area contributed by atoms with Gasteiger partial charge in [-0.25, -0.2) is 4.99 Å². The van der Waals surface area contributed by atoms with E-state index in [0.717, 1.165) is 54.1 Å². The molecule has 5 nitrogen and oxygen atoms in total. The Morgan fingerprint density at radius 3 is 1.62 bits per heavy atom. The minimum absolute atomic E-state index is 0.00220. The predicted octanol–water partition coefficient (Wildman–Crippen LogP) is 16.8. The first-order valence-electron chi connectivity index (χ1n) is 25.5. The summed E-state index contributed by atoms with van der Waals surface area (Å²) in [5, 5.41) is 14.0. The summed E-state index contributed by atoms with van der Waals surface area (Å²) in [6.45, 7) is 33.2. The van der Waals surface area contributed by atoms with Gasteiger partial charge in [-0.3, -0.25) is 5.41 Å². The third-order valence-corrected chi connectivity index (χ3v) is 15.0. The summed E-state index contributed by atoms with van der Waals surface area (Å²) in [6.07, 6.45) is 10.4. The first-order chi connectivity index (χ1) is 32.0. The molecule has 1 unspecified atom stereocenters. The number of hydrogen-bond acceptors (Lipinski definition) is 1. The van der Waals surface area contributed by atoms with Crippen molar-refractivity contribution in [3.8, 4) is 11.4 Å². The molecule has 2 aromatic heterocycles. The second-order valence-electron chi connectivity index (χ2n) is 24.1. The highest BCUT2D eigenvalue weighted by molar-refractivity contribution is 6.15. The van der Waals surface area contributed by atoms with Gasteiger partial charge in [-0.15, -0.1) is 0 Å². The molecule has 0 bridgehead atoms. The van der Waals surface area contributed by atoms with Crippen molar-refractivity contribution in [1.29, 1.82) is 5.41 Å². The maximum atomic E-state index is 10.2. The third-order valence-electron chi connectivity index (χ3n) is 15.0. The zero-order valence-corrected chi connectivity index (χ0v) is 44.2. The molecule has 0 spiro atoms. The van der Waals surface area contributed by atoms with Gasteiger partial charge in [0.15, 0.2) is 5.84 Å². The van der Waals surface area contributed by atoms with E-state index in [1.807, 2.05) is 0 Å². The van der Waals surface area contributed by atoms with Crippen LogP contribution in [-0.4, -0.2) is 39.3 Å². The van der Waals surface area contributed by atoms with Gasteiger partial charge in [0.05, 0.1) is 27.9 Å². The number of fused-ring (bicyclic) bond motifs is 6. The van der Waals surface area contributed by atoms with Gasteiger partial charge in [0.1, 0.15) is 5.84 Å². The maximum absolute atomic E-state index is 10.2. The Bertz CT molecular complexity index is 2990. The van der Waals surface area contributed by atoms with Crippen molar-refractivity contribution in [1.82, 2.24) is 14.0 Å². The Morgan fingerprint density at radius 1 is 0.632 bits per heavy atom. The Labute approximate surface area is 408 Å². The minimum atomic E-state index is 0.00220. The van der Waals surface area contributed by atoms with Crippen molar-refractivity contribution >= 4 is 50.5 Å². The average molecular weight is 906 g/mol. The highest BCUT2D eigenvalue weighted by Crippen LogP contribution is 2.43. The lowest BCUT2D eigenvalue weighted by atomic mass is 9.74. The molecule has 0 radical (unpaired) electrons. The monoisotopic (exact) mass is 906 g/mol. The molecule has 5 heteroatoms. The van der Waals surface area contributed by atoms with Gasteiger partial charge in [0, 0.05) is 46.6 Å². The Kier molecular flexibility index (Phi) is 13.1. The molecule has 1 aliphatic carbocycles. The van der Waals surface area contributed by atoms with Crippen LogP contribution in [0.4, 0.5) is 0 Å². The van der Waals surface area contributed by atoms with Gasteiger partial charge in [-0.1, -0.05) is 165 Å². The number of amidine groups is 2. The standard InChI is InChI=1S/C63H79N5/c1-16-22-41(17-2)35-36-66(15)59(47-24-19-21-26-53(47)68-56-33-29-44(62(9,10)11)39-50(56)51-40-45(63(12,13)14)30-34-57(51)68)65-58(64)46-23-18-20-25-52(46)67-54-31-27-42(60(3,4)5)37-48(54)49-38-43(61(6,7)8)28-32-55(49)67/h18-21,23-34,37,39-41,43,64H,16-17,22,35-36,38H2,1-15H3/b64-58?,65-59-/t41-,43?/m1/s1. The summed E-state index contributed by atoms with van der Waals surface area (Å²) in [5.74, 6) is 2.10. The molecule has 2 atom stereocenters. The highest BCUT2D eigenvalue weighted by atomic mass is 15.2. The van der Waals surface area contributed by atoms with Gasteiger partial charge in [0.25, 0.3) is 0 Å². The number of benzene rings is 5. The molecule has 2 heterocycles. The fraction of sp³-hybridized carbons (Fsp3) is 0.429. The number of rotatable bonds is 10. The molecule has 7 aromatic rings. The highest BCUT2D eigenvalue weighted by Gasteiger charge is 2.31. The lowest BCUT2D eigenvalue weighted by Crippen LogP contribution is -2.31. The summed E-state index contributed by atoms with van der Waals surface area (Å²) >= 11 is 0. The van der Waals surface area contributed by atoms with Crippen molar-refractivity contribution in [2.75, 3.05) is 13.6 Å². The molecule has 0 amide bonds. The summed E-state index contributed by atoms with van der Waals surface area (Å²) in [7, 11) is 2.18. The third kappa shape index (κ3) is 9.39. The molecule has 0 aliphatic heterocycles. The van der Waals surface area contributed by atoms with Crippen LogP contribution < -0.4 is 0 Å². The quantitative estimate of drug-likeness (QED) is 0.108. The Balaban J connectivity index is 1.34. The van der Waals surface area contributed by atoms with E-state index in [4.69, 9.17) is 4.99 Å². The molecule has 5 aromatic carbocycles. The second-order valence-corrected chi connectivity index (χ2v) is 24.1. The molecule has 68 heavy (non-hydrogen) atoms. The van der Waals surface area contributed by atoms with Crippen molar-refractivity contribution in [3.05, 3.63) is 148 Å². The van der Waals surface area contributed by atoms with Gasteiger partial charge < -0.3 is 14.0 Å². The first kappa shape index (κ1) is 48.8. The topological polar surface area (TPSA) is 49.3 Å². The normalized spacial score (nSPS) is 15.4. The van der Waals surface area contributed by atoms with Crippen LogP contribution in [0.25, 0.3) is 50.2 Å². The van der Waals surface area contributed by atoms with Gasteiger partial charge in [0.2, 0.25) is 0 Å².